The van der Waals surface area contributed by atoms with Gasteiger partial charge in [0.2, 0.25) is 15.9 Å². The molecule has 0 bridgehead atoms. The van der Waals surface area contributed by atoms with E-state index in [0.29, 0.717) is 45.2 Å². The Balaban J connectivity index is 2.28. The highest BCUT2D eigenvalue weighted by molar-refractivity contribution is 7.88. The summed E-state index contributed by atoms with van der Waals surface area (Å²) in [5.41, 5.74) is 0. The third-order valence-corrected chi connectivity index (χ3v) is 3.79. The predicted molar refractivity (Wildman–Crippen MR) is 68.5 cm³/mol. The predicted octanol–water partition coefficient (Wildman–Crippen LogP) is -0.311. The largest absolute Gasteiger partial charge is 0.396 e. The average Bonchev–Trinajstić information content (AvgIpc) is 2.28. The van der Waals surface area contributed by atoms with Gasteiger partial charge in [0, 0.05) is 32.2 Å². The van der Waals surface area contributed by atoms with Crippen LogP contribution in [-0.2, 0) is 14.8 Å². The minimum Gasteiger partial charge on any atom is -0.396 e. The molecule has 7 heteroatoms. The van der Waals surface area contributed by atoms with Crippen molar-refractivity contribution < 1.29 is 18.3 Å². The van der Waals surface area contributed by atoms with Crippen LogP contribution in [0.25, 0.3) is 0 Å². The Kier molecular flexibility index (Phi) is 6.04. The second-order valence-corrected chi connectivity index (χ2v) is 6.51. The standard InChI is InChI=1S/C11H22N2O4S/c1-18(16,17)12-10-5-7-13(8-6-10)11(15)4-2-3-9-14/h10,12,14H,2-9H2,1H3. The van der Waals surface area contributed by atoms with Crippen molar-refractivity contribution in [1.29, 1.82) is 0 Å². The Bertz CT molecular complexity index is 361. The van der Waals surface area contributed by atoms with Gasteiger partial charge >= 0.3 is 0 Å². The van der Waals surface area contributed by atoms with Gasteiger partial charge in [-0.3, -0.25) is 4.79 Å². The van der Waals surface area contributed by atoms with Crippen LogP contribution in [0.2, 0.25) is 0 Å². The Labute approximate surface area is 108 Å². The van der Waals surface area contributed by atoms with Crippen LogP contribution in [0.4, 0.5) is 0 Å². The molecule has 0 atom stereocenters. The van der Waals surface area contributed by atoms with Gasteiger partial charge in [-0.15, -0.1) is 0 Å². The van der Waals surface area contributed by atoms with Crippen LogP contribution in [0.5, 0.6) is 0 Å². The second-order valence-electron chi connectivity index (χ2n) is 4.73. The smallest absolute Gasteiger partial charge is 0.222 e. The first-order valence-electron chi connectivity index (χ1n) is 6.28. The number of unbranched alkanes of at least 4 members (excludes halogenated alkanes) is 1. The zero-order valence-corrected chi connectivity index (χ0v) is 11.6. The summed E-state index contributed by atoms with van der Waals surface area (Å²) in [6.07, 6.45) is 4.30. The summed E-state index contributed by atoms with van der Waals surface area (Å²) in [5, 5.41) is 8.64. The molecule has 0 aromatic rings. The first kappa shape index (κ1) is 15.4. The van der Waals surface area contributed by atoms with Gasteiger partial charge in [0.25, 0.3) is 0 Å². The average molecular weight is 278 g/mol. The van der Waals surface area contributed by atoms with Crippen LogP contribution in [0.1, 0.15) is 32.1 Å². The molecule has 0 aromatic heterocycles. The van der Waals surface area contributed by atoms with E-state index >= 15 is 0 Å². The number of nitrogens with one attached hydrogen (secondary N) is 1. The molecule has 0 saturated carbocycles. The van der Waals surface area contributed by atoms with Crippen LogP contribution < -0.4 is 4.72 Å². The van der Waals surface area contributed by atoms with Crippen molar-refractivity contribution in [3.63, 3.8) is 0 Å². The van der Waals surface area contributed by atoms with E-state index < -0.39 is 10.0 Å². The van der Waals surface area contributed by atoms with Crippen molar-refractivity contribution in [2.24, 2.45) is 0 Å². The number of nitrogens with zero attached hydrogens (tertiary/aromatic N) is 1. The zero-order valence-electron chi connectivity index (χ0n) is 10.8. The van der Waals surface area contributed by atoms with Gasteiger partial charge in [0.1, 0.15) is 0 Å². The van der Waals surface area contributed by atoms with E-state index in [4.69, 9.17) is 5.11 Å². The molecule has 0 radical (unpaired) electrons. The number of piperidine rings is 1. The van der Waals surface area contributed by atoms with Gasteiger partial charge in [-0.25, -0.2) is 13.1 Å². The lowest BCUT2D eigenvalue weighted by Gasteiger charge is -2.32. The molecule has 1 fully saturated rings. The third kappa shape index (κ3) is 5.79. The quantitative estimate of drug-likeness (QED) is 0.653. The van der Waals surface area contributed by atoms with Crippen molar-refractivity contribution in [1.82, 2.24) is 9.62 Å². The number of sulfonamides is 1. The van der Waals surface area contributed by atoms with E-state index in [-0.39, 0.29) is 18.6 Å². The maximum atomic E-state index is 11.8. The van der Waals surface area contributed by atoms with Gasteiger partial charge < -0.3 is 10.0 Å². The lowest BCUT2D eigenvalue weighted by Crippen LogP contribution is -2.46. The Morgan fingerprint density at radius 3 is 2.44 bits per heavy atom. The molecule has 0 spiro atoms. The van der Waals surface area contributed by atoms with Crippen molar-refractivity contribution in [2.75, 3.05) is 26.0 Å². The number of amides is 1. The summed E-state index contributed by atoms with van der Waals surface area (Å²) < 4.78 is 24.7. The molecule has 1 aliphatic rings. The van der Waals surface area contributed by atoms with Gasteiger partial charge in [0.15, 0.2) is 0 Å². The lowest BCUT2D eigenvalue weighted by atomic mass is 10.1. The maximum absolute atomic E-state index is 11.8. The van der Waals surface area contributed by atoms with Gasteiger partial charge in [-0.1, -0.05) is 0 Å². The first-order chi connectivity index (χ1) is 8.42. The molecule has 18 heavy (non-hydrogen) atoms. The fourth-order valence-electron chi connectivity index (χ4n) is 2.10. The molecule has 0 unspecified atom stereocenters. The van der Waals surface area contributed by atoms with Crippen LogP contribution >= 0.6 is 0 Å². The molecule has 2 N–H and O–H groups in total. The van der Waals surface area contributed by atoms with Gasteiger partial charge in [-0.2, -0.15) is 0 Å². The van der Waals surface area contributed by atoms with Crippen molar-refractivity contribution in [3.8, 4) is 0 Å². The highest BCUT2D eigenvalue weighted by Crippen LogP contribution is 2.13. The molecule has 1 amide bonds. The summed E-state index contributed by atoms with van der Waals surface area (Å²) in [6, 6.07) is -0.0542. The van der Waals surface area contributed by atoms with Crippen molar-refractivity contribution in [3.05, 3.63) is 0 Å². The van der Waals surface area contributed by atoms with E-state index in [1.54, 1.807) is 4.90 Å². The molecule has 0 aromatic carbocycles. The van der Waals surface area contributed by atoms with E-state index in [0.717, 1.165) is 6.26 Å². The van der Waals surface area contributed by atoms with Crippen LogP contribution in [0.15, 0.2) is 0 Å². The summed E-state index contributed by atoms with van der Waals surface area (Å²) in [5.74, 6) is 0.0984. The number of carbonyl (C=O) groups is 1. The summed E-state index contributed by atoms with van der Waals surface area (Å²) in [7, 11) is -3.16. The summed E-state index contributed by atoms with van der Waals surface area (Å²) in [4.78, 5) is 13.5. The van der Waals surface area contributed by atoms with E-state index in [9.17, 15) is 13.2 Å². The number of carbonyl (C=O) groups excluding carboxylic acids is 1. The number of aliphatic hydroxyl groups is 1. The van der Waals surface area contributed by atoms with Crippen LogP contribution in [-0.4, -0.2) is 56.3 Å². The fourth-order valence-corrected chi connectivity index (χ4v) is 2.94. The molecule has 1 aliphatic heterocycles. The molecular formula is C11H22N2O4S. The van der Waals surface area contributed by atoms with Gasteiger partial charge in [-0.05, 0) is 25.7 Å². The molecule has 1 rings (SSSR count). The van der Waals surface area contributed by atoms with E-state index in [2.05, 4.69) is 4.72 Å². The number of hydrogen-bond acceptors (Lipinski definition) is 4. The molecule has 1 saturated heterocycles. The highest BCUT2D eigenvalue weighted by atomic mass is 32.2. The highest BCUT2D eigenvalue weighted by Gasteiger charge is 2.23. The summed E-state index contributed by atoms with van der Waals surface area (Å²) >= 11 is 0. The Morgan fingerprint density at radius 1 is 1.33 bits per heavy atom. The number of likely N-dealkylation sites (tertiary alicyclic amines) is 1. The second kappa shape index (κ2) is 7.06. The van der Waals surface area contributed by atoms with E-state index in [1.165, 1.54) is 0 Å². The lowest BCUT2D eigenvalue weighted by molar-refractivity contribution is -0.132. The normalized spacial score (nSPS) is 18.0. The SMILES string of the molecule is CS(=O)(=O)NC1CCN(C(=O)CCCCO)CC1. The summed E-state index contributed by atoms with van der Waals surface area (Å²) in [6.45, 7) is 1.32. The van der Waals surface area contributed by atoms with Crippen molar-refractivity contribution >= 4 is 15.9 Å². The molecular weight excluding hydrogens is 256 g/mol. The van der Waals surface area contributed by atoms with Crippen molar-refractivity contribution in [2.45, 2.75) is 38.1 Å². The minimum absolute atomic E-state index is 0.0542. The molecule has 6 nitrogen and oxygen atoms in total. The van der Waals surface area contributed by atoms with E-state index in [1.807, 2.05) is 0 Å². The maximum Gasteiger partial charge on any atom is 0.222 e. The fraction of sp³-hybridized carbons (Fsp3) is 0.909. The first-order valence-corrected chi connectivity index (χ1v) is 8.17. The molecule has 1 heterocycles. The number of rotatable bonds is 6. The topological polar surface area (TPSA) is 86.7 Å². The minimum atomic E-state index is -3.16. The Hall–Kier alpha value is -0.660. The molecule has 0 aliphatic carbocycles. The van der Waals surface area contributed by atoms with Crippen LogP contribution in [0.3, 0.4) is 0 Å². The number of hydrogen-bond donors (Lipinski definition) is 2. The van der Waals surface area contributed by atoms with Crippen LogP contribution in [0, 0.1) is 0 Å². The zero-order chi connectivity index (χ0) is 13.6. The van der Waals surface area contributed by atoms with Gasteiger partial charge in [0.05, 0.1) is 6.26 Å². The number of aliphatic hydroxyl groups excluding tert-OH is 1. The monoisotopic (exact) mass is 278 g/mol. The Morgan fingerprint density at radius 2 is 1.94 bits per heavy atom. The third-order valence-electron chi connectivity index (χ3n) is 3.03. The molecule has 106 valence electrons.